The highest BCUT2D eigenvalue weighted by molar-refractivity contribution is 5.63. The van der Waals surface area contributed by atoms with Crippen LogP contribution in [0.15, 0.2) is 42.5 Å². The van der Waals surface area contributed by atoms with E-state index in [0.29, 0.717) is 0 Å². The van der Waals surface area contributed by atoms with Crippen molar-refractivity contribution in [2.24, 2.45) is 0 Å². The van der Waals surface area contributed by atoms with Crippen molar-refractivity contribution in [2.75, 3.05) is 0 Å². The second-order valence-electron chi connectivity index (χ2n) is 2.89. The summed E-state index contributed by atoms with van der Waals surface area (Å²) in [5, 5.41) is 0. The van der Waals surface area contributed by atoms with Crippen LogP contribution < -0.4 is 0 Å². The predicted octanol–water partition coefficient (Wildman–Crippen LogP) is 2.85. The number of allylic oxidation sites excluding steroid dienone is 2. The molecule has 0 aliphatic carbocycles. The summed E-state index contributed by atoms with van der Waals surface area (Å²) in [5.74, 6) is -0.114. The number of hydrogen-bond acceptors (Lipinski definition) is 1. The average Bonchev–Trinajstić information content (AvgIpc) is 2.21. The fourth-order valence-electron chi connectivity index (χ4n) is 1.21. The Kier molecular flexibility index (Phi) is 3.97. The fraction of sp³-hybridized carbons (Fsp3) is 0.250. The number of rotatable bonds is 4. The molecular formula is C12H13O. The third-order valence-corrected chi connectivity index (χ3v) is 1.95. The van der Waals surface area contributed by atoms with Gasteiger partial charge in [-0.25, -0.2) is 0 Å². The lowest BCUT2D eigenvalue weighted by Crippen LogP contribution is -1.97. The SMILES string of the molecule is C/C=C/CC([C]=O)c1ccccc1. The Balaban J connectivity index is 2.72. The van der Waals surface area contributed by atoms with Gasteiger partial charge in [0.25, 0.3) is 0 Å². The first kappa shape index (κ1) is 9.72. The zero-order valence-corrected chi connectivity index (χ0v) is 7.73. The summed E-state index contributed by atoms with van der Waals surface area (Å²) < 4.78 is 0. The van der Waals surface area contributed by atoms with Crippen LogP contribution in [0.4, 0.5) is 0 Å². The van der Waals surface area contributed by atoms with Gasteiger partial charge in [-0.05, 0) is 18.9 Å². The highest BCUT2D eigenvalue weighted by atomic mass is 16.1. The normalized spacial score (nSPS) is 13.0. The largest absolute Gasteiger partial charge is 0.290 e. The molecule has 0 N–H and O–H groups in total. The van der Waals surface area contributed by atoms with E-state index in [4.69, 9.17) is 0 Å². The van der Waals surface area contributed by atoms with Crippen LogP contribution in [0.25, 0.3) is 0 Å². The van der Waals surface area contributed by atoms with Gasteiger partial charge in [-0.2, -0.15) is 0 Å². The van der Waals surface area contributed by atoms with E-state index in [1.54, 1.807) is 0 Å². The van der Waals surface area contributed by atoms with Crippen molar-refractivity contribution in [2.45, 2.75) is 19.3 Å². The molecule has 0 fully saturated rings. The van der Waals surface area contributed by atoms with Crippen LogP contribution in [0.2, 0.25) is 0 Å². The predicted molar refractivity (Wildman–Crippen MR) is 54.3 cm³/mol. The molecule has 1 aromatic rings. The highest BCUT2D eigenvalue weighted by Gasteiger charge is 2.07. The van der Waals surface area contributed by atoms with E-state index >= 15 is 0 Å². The van der Waals surface area contributed by atoms with Crippen LogP contribution in [0.1, 0.15) is 24.8 Å². The van der Waals surface area contributed by atoms with Gasteiger partial charge in [-0.15, -0.1) is 0 Å². The smallest absolute Gasteiger partial charge is 0.206 e. The molecule has 1 aromatic carbocycles. The Bertz CT molecular complexity index is 274. The van der Waals surface area contributed by atoms with E-state index in [9.17, 15) is 4.79 Å². The maximum Gasteiger partial charge on any atom is 0.206 e. The number of carbonyl (C=O) groups excluding carboxylic acids is 1. The fourth-order valence-corrected chi connectivity index (χ4v) is 1.21. The first-order valence-corrected chi connectivity index (χ1v) is 4.42. The van der Waals surface area contributed by atoms with Crippen LogP contribution in [0.3, 0.4) is 0 Å². The Morgan fingerprint density at radius 3 is 2.62 bits per heavy atom. The molecule has 13 heavy (non-hydrogen) atoms. The standard InChI is InChI=1S/C12H13O/c1-2-3-7-12(10-13)11-8-5-4-6-9-11/h2-6,8-9,12H,7H2,1H3/b3-2+. The molecule has 1 nitrogen and oxygen atoms in total. The van der Waals surface area contributed by atoms with E-state index in [-0.39, 0.29) is 5.92 Å². The Morgan fingerprint density at radius 2 is 2.08 bits per heavy atom. The molecule has 0 aliphatic heterocycles. The Hall–Kier alpha value is -1.37. The third kappa shape index (κ3) is 2.86. The second kappa shape index (κ2) is 5.31. The molecule has 0 aliphatic rings. The van der Waals surface area contributed by atoms with Crippen LogP contribution in [0, 0.1) is 0 Å². The van der Waals surface area contributed by atoms with Gasteiger partial charge >= 0.3 is 0 Å². The molecule has 0 spiro atoms. The van der Waals surface area contributed by atoms with Crippen molar-refractivity contribution >= 4 is 6.29 Å². The molecule has 0 heterocycles. The van der Waals surface area contributed by atoms with E-state index in [1.165, 1.54) is 0 Å². The molecule has 1 unspecified atom stereocenters. The van der Waals surface area contributed by atoms with E-state index in [1.807, 2.05) is 49.4 Å². The Labute approximate surface area is 79.1 Å². The van der Waals surface area contributed by atoms with Gasteiger partial charge in [0.1, 0.15) is 0 Å². The number of benzene rings is 1. The van der Waals surface area contributed by atoms with Crippen LogP contribution >= 0.6 is 0 Å². The van der Waals surface area contributed by atoms with Gasteiger partial charge in [0.15, 0.2) is 0 Å². The molecule has 0 saturated carbocycles. The summed E-state index contributed by atoms with van der Waals surface area (Å²) in [4.78, 5) is 10.7. The van der Waals surface area contributed by atoms with E-state index < -0.39 is 0 Å². The molecule has 1 rings (SSSR count). The molecule has 0 aromatic heterocycles. The first-order valence-electron chi connectivity index (χ1n) is 4.42. The summed E-state index contributed by atoms with van der Waals surface area (Å²) in [5.41, 5.74) is 1.04. The van der Waals surface area contributed by atoms with Crippen molar-refractivity contribution in [3.8, 4) is 0 Å². The third-order valence-electron chi connectivity index (χ3n) is 1.95. The highest BCUT2D eigenvalue weighted by Crippen LogP contribution is 2.16. The van der Waals surface area contributed by atoms with Gasteiger partial charge < -0.3 is 0 Å². The van der Waals surface area contributed by atoms with Gasteiger partial charge in [0.05, 0.1) is 5.92 Å². The van der Waals surface area contributed by atoms with E-state index in [0.717, 1.165) is 12.0 Å². The maximum atomic E-state index is 10.7. The summed E-state index contributed by atoms with van der Waals surface area (Å²) in [6, 6.07) is 9.74. The monoisotopic (exact) mass is 173 g/mol. The first-order chi connectivity index (χ1) is 6.38. The lowest BCUT2D eigenvalue weighted by Gasteiger charge is -2.05. The van der Waals surface area contributed by atoms with Crippen molar-refractivity contribution in [1.29, 1.82) is 0 Å². The molecule has 67 valence electrons. The second-order valence-corrected chi connectivity index (χ2v) is 2.89. The van der Waals surface area contributed by atoms with Crippen molar-refractivity contribution in [3.05, 3.63) is 48.0 Å². The zero-order chi connectivity index (χ0) is 9.52. The summed E-state index contributed by atoms with van der Waals surface area (Å²) in [6.07, 6.45) is 6.73. The Morgan fingerprint density at radius 1 is 1.38 bits per heavy atom. The quantitative estimate of drug-likeness (QED) is 0.640. The zero-order valence-electron chi connectivity index (χ0n) is 7.73. The molecule has 1 heteroatoms. The lowest BCUT2D eigenvalue weighted by molar-refractivity contribution is 0.543. The van der Waals surface area contributed by atoms with Gasteiger partial charge in [-0.3, -0.25) is 4.79 Å². The van der Waals surface area contributed by atoms with Crippen molar-refractivity contribution in [1.82, 2.24) is 0 Å². The van der Waals surface area contributed by atoms with Gasteiger partial charge in [0, 0.05) is 0 Å². The molecule has 1 atom stereocenters. The molecule has 1 radical (unpaired) electrons. The summed E-state index contributed by atoms with van der Waals surface area (Å²) in [7, 11) is 0. The van der Waals surface area contributed by atoms with Crippen LogP contribution in [0.5, 0.6) is 0 Å². The minimum atomic E-state index is -0.114. The van der Waals surface area contributed by atoms with E-state index in [2.05, 4.69) is 6.29 Å². The molecular weight excluding hydrogens is 160 g/mol. The molecule has 0 amide bonds. The van der Waals surface area contributed by atoms with Gasteiger partial charge in [-0.1, -0.05) is 42.5 Å². The van der Waals surface area contributed by atoms with Crippen molar-refractivity contribution < 1.29 is 4.79 Å². The summed E-state index contributed by atoms with van der Waals surface area (Å²) >= 11 is 0. The van der Waals surface area contributed by atoms with Crippen LogP contribution in [-0.4, -0.2) is 6.29 Å². The van der Waals surface area contributed by atoms with Gasteiger partial charge in [0.2, 0.25) is 6.29 Å². The summed E-state index contributed by atoms with van der Waals surface area (Å²) in [6.45, 7) is 1.95. The van der Waals surface area contributed by atoms with Crippen LogP contribution in [-0.2, 0) is 4.79 Å². The lowest BCUT2D eigenvalue weighted by atomic mass is 9.97. The minimum absolute atomic E-state index is 0.114. The molecule has 0 saturated heterocycles. The topological polar surface area (TPSA) is 17.1 Å². The minimum Gasteiger partial charge on any atom is -0.290 e. The number of hydrogen-bond donors (Lipinski definition) is 0. The molecule has 0 bridgehead atoms. The maximum absolute atomic E-state index is 10.7. The van der Waals surface area contributed by atoms with Crippen molar-refractivity contribution in [3.63, 3.8) is 0 Å². The average molecular weight is 173 g/mol.